The number of hydrogen-bond donors (Lipinski definition) is 2. The summed E-state index contributed by atoms with van der Waals surface area (Å²) in [5.74, 6) is -0.434. The van der Waals surface area contributed by atoms with Gasteiger partial charge in [0.25, 0.3) is 0 Å². The molecule has 0 unspecified atom stereocenters. The van der Waals surface area contributed by atoms with Gasteiger partial charge < -0.3 is 15.4 Å². The van der Waals surface area contributed by atoms with Crippen molar-refractivity contribution in [3.63, 3.8) is 0 Å². The molecule has 4 nitrogen and oxygen atoms in total. The van der Waals surface area contributed by atoms with Crippen LogP contribution in [0, 0.1) is 11.8 Å². The van der Waals surface area contributed by atoms with Crippen LogP contribution in [0.1, 0.15) is 6.92 Å². The number of carbonyl (C=O) groups is 1. The van der Waals surface area contributed by atoms with Crippen molar-refractivity contribution in [2.45, 2.75) is 13.5 Å². The Labute approximate surface area is 134 Å². The molecule has 2 rings (SSSR count). The molecular weight excluding hydrogens is 370 g/mol. The third-order valence-electron chi connectivity index (χ3n) is 3.33. The van der Waals surface area contributed by atoms with E-state index in [1.54, 1.807) is 0 Å². The average molecular weight is 384 g/mol. The Hall–Kier alpha value is -0.920. The number of nitrogens with one attached hydrogen (secondary N) is 2. The predicted molar refractivity (Wildman–Crippen MR) is 79.9 cm³/mol. The number of alkyl halides is 2. The Morgan fingerprint density at radius 3 is 2.81 bits per heavy atom. The van der Waals surface area contributed by atoms with Crippen molar-refractivity contribution in [2.24, 2.45) is 11.8 Å². The van der Waals surface area contributed by atoms with E-state index < -0.39 is 6.61 Å². The lowest BCUT2D eigenvalue weighted by Crippen LogP contribution is -2.28. The van der Waals surface area contributed by atoms with Crippen molar-refractivity contribution in [3.05, 3.63) is 21.6 Å². The van der Waals surface area contributed by atoms with E-state index in [2.05, 4.69) is 31.3 Å². The molecule has 21 heavy (non-hydrogen) atoms. The number of hydrogen-bond acceptors (Lipinski definition) is 3. The van der Waals surface area contributed by atoms with Gasteiger partial charge in [-0.1, -0.05) is 18.5 Å². The molecule has 0 aliphatic carbocycles. The molecule has 1 aromatic rings. The van der Waals surface area contributed by atoms with Gasteiger partial charge in [0.2, 0.25) is 5.91 Å². The summed E-state index contributed by atoms with van der Waals surface area (Å²) in [7, 11) is 0. The van der Waals surface area contributed by atoms with E-state index in [4.69, 9.17) is 11.6 Å². The normalized spacial score (nSPS) is 21.6. The smallest absolute Gasteiger partial charge is 0.387 e. The molecule has 2 atom stereocenters. The first-order valence-corrected chi connectivity index (χ1v) is 7.51. The summed E-state index contributed by atoms with van der Waals surface area (Å²) in [4.78, 5) is 12.2. The molecule has 0 radical (unpaired) electrons. The lowest BCUT2D eigenvalue weighted by atomic mass is 9.97. The van der Waals surface area contributed by atoms with E-state index in [-0.39, 0.29) is 33.7 Å². The standard InChI is InChI=1S/C13H14BrClF2N2O2/c1-6-4-18-5-8(6)12(20)19-10-3-7(15)2-9(14)11(10)21-13(16)17/h2-3,6,8,13,18H,4-5H2,1H3,(H,19,20)/t6-,8-/m1/s1. The number of benzene rings is 1. The Kier molecular flexibility index (Phi) is 5.40. The number of halogens is 4. The predicted octanol–water partition coefficient (Wildman–Crippen LogP) is 3.50. The van der Waals surface area contributed by atoms with Crippen molar-refractivity contribution in [2.75, 3.05) is 18.4 Å². The summed E-state index contributed by atoms with van der Waals surface area (Å²) in [5, 5.41) is 6.03. The van der Waals surface area contributed by atoms with Gasteiger partial charge in [-0.2, -0.15) is 8.78 Å². The van der Waals surface area contributed by atoms with Crippen molar-refractivity contribution in [3.8, 4) is 5.75 Å². The molecule has 1 amide bonds. The Balaban J connectivity index is 2.23. The Morgan fingerprint density at radius 2 is 2.24 bits per heavy atom. The lowest BCUT2D eigenvalue weighted by molar-refractivity contribution is -0.120. The second-order valence-corrected chi connectivity index (χ2v) is 6.16. The molecule has 2 N–H and O–H groups in total. The average Bonchev–Trinajstić information content (AvgIpc) is 2.79. The molecule has 1 aliphatic rings. The molecule has 0 saturated carbocycles. The molecule has 0 bridgehead atoms. The highest BCUT2D eigenvalue weighted by molar-refractivity contribution is 9.10. The molecule has 116 valence electrons. The van der Waals surface area contributed by atoms with Crippen LogP contribution in [0.25, 0.3) is 0 Å². The van der Waals surface area contributed by atoms with Crippen LogP contribution in [0.3, 0.4) is 0 Å². The van der Waals surface area contributed by atoms with E-state index in [0.29, 0.717) is 11.6 Å². The van der Waals surface area contributed by atoms with Gasteiger partial charge in [0.15, 0.2) is 5.75 Å². The van der Waals surface area contributed by atoms with Crippen molar-refractivity contribution >= 4 is 39.1 Å². The van der Waals surface area contributed by atoms with E-state index >= 15 is 0 Å². The van der Waals surface area contributed by atoms with Crippen molar-refractivity contribution < 1.29 is 18.3 Å². The zero-order valence-electron chi connectivity index (χ0n) is 11.1. The first kappa shape index (κ1) is 16.5. The fourth-order valence-corrected chi connectivity index (χ4v) is 3.15. The van der Waals surface area contributed by atoms with Crippen LogP contribution >= 0.6 is 27.5 Å². The van der Waals surface area contributed by atoms with Crippen LogP contribution in [0.5, 0.6) is 5.75 Å². The van der Waals surface area contributed by atoms with E-state index in [9.17, 15) is 13.6 Å². The first-order chi connectivity index (χ1) is 9.88. The van der Waals surface area contributed by atoms with Crippen molar-refractivity contribution in [1.82, 2.24) is 5.32 Å². The Morgan fingerprint density at radius 1 is 1.52 bits per heavy atom. The summed E-state index contributed by atoms with van der Waals surface area (Å²) in [6.07, 6.45) is 0. The maximum Gasteiger partial charge on any atom is 0.387 e. The monoisotopic (exact) mass is 382 g/mol. The third-order valence-corrected chi connectivity index (χ3v) is 4.13. The molecule has 0 aromatic heterocycles. The second-order valence-electron chi connectivity index (χ2n) is 4.87. The quantitative estimate of drug-likeness (QED) is 0.837. The van der Waals surface area contributed by atoms with Crippen molar-refractivity contribution in [1.29, 1.82) is 0 Å². The third kappa shape index (κ3) is 4.05. The van der Waals surface area contributed by atoms with Crippen LogP contribution in [-0.2, 0) is 4.79 Å². The fourth-order valence-electron chi connectivity index (χ4n) is 2.25. The number of rotatable bonds is 4. The number of carbonyl (C=O) groups excluding carboxylic acids is 1. The lowest BCUT2D eigenvalue weighted by Gasteiger charge is -2.17. The SMILES string of the molecule is C[C@@H]1CNC[C@H]1C(=O)Nc1cc(Cl)cc(Br)c1OC(F)F. The maximum atomic E-state index is 12.5. The summed E-state index contributed by atoms with van der Waals surface area (Å²) in [6, 6.07) is 2.81. The highest BCUT2D eigenvalue weighted by atomic mass is 79.9. The Bertz CT molecular complexity index is 545. The van der Waals surface area contributed by atoms with E-state index in [1.165, 1.54) is 12.1 Å². The van der Waals surface area contributed by atoms with Crippen LogP contribution in [0.15, 0.2) is 16.6 Å². The summed E-state index contributed by atoms with van der Waals surface area (Å²) < 4.78 is 29.7. The van der Waals surface area contributed by atoms with Gasteiger partial charge in [-0.05, 0) is 40.5 Å². The highest BCUT2D eigenvalue weighted by Gasteiger charge is 2.30. The van der Waals surface area contributed by atoms with Gasteiger partial charge in [-0.15, -0.1) is 0 Å². The summed E-state index contributed by atoms with van der Waals surface area (Å²) in [6.45, 7) is 0.261. The van der Waals surface area contributed by atoms with Crippen LogP contribution < -0.4 is 15.4 Å². The fraction of sp³-hybridized carbons (Fsp3) is 0.462. The summed E-state index contributed by atoms with van der Waals surface area (Å²) in [5.41, 5.74) is 0.124. The van der Waals surface area contributed by atoms with E-state index in [0.717, 1.165) is 6.54 Å². The molecule has 1 fully saturated rings. The molecular formula is C13H14BrClF2N2O2. The van der Waals surface area contributed by atoms with E-state index in [1.807, 2.05) is 6.92 Å². The number of anilines is 1. The molecule has 8 heteroatoms. The largest absolute Gasteiger partial charge is 0.431 e. The molecule has 0 spiro atoms. The minimum absolute atomic E-state index is 0.124. The summed E-state index contributed by atoms with van der Waals surface area (Å²) >= 11 is 9.00. The molecule has 1 aromatic carbocycles. The van der Waals surface area contributed by atoms with Gasteiger partial charge in [0.05, 0.1) is 16.1 Å². The zero-order chi connectivity index (χ0) is 15.6. The van der Waals surface area contributed by atoms with Gasteiger partial charge in [0.1, 0.15) is 0 Å². The minimum Gasteiger partial charge on any atom is -0.431 e. The number of amides is 1. The topological polar surface area (TPSA) is 50.4 Å². The second kappa shape index (κ2) is 6.89. The van der Waals surface area contributed by atoms with Crippen LogP contribution in [-0.4, -0.2) is 25.6 Å². The molecule has 1 aliphatic heterocycles. The highest BCUT2D eigenvalue weighted by Crippen LogP contribution is 2.38. The van der Waals surface area contributed by atoms with Crippen LogP contribution in [0.4, 0.5) is 14.5 Å². The minimum atomic E-state index is -3.00. The van der Waals surface area contributed by atoms with Gasteiger partial charge in [-0.3, -0.25) is 4.79 Å². The van der Waals surface area contributed by atoms with Crippen LogP contribution in [0.2, 0.25) is 5.02 Å². The van der Waals surface area contributed by atoms with Gasteiger partial charge in [0, 0.05) is 11.6 Å². The molecule has 1 saturated heterocycles. The first-order valence-electron chi connectivity index (χ1n) is 6.34. The zero-order valence-corrected chi connectivity index (χ0v) is 13.5. The van der Waals surface area contributed by atoms with Gasteiger partial charge in [-0.25, -0.2) is 0 Å². The maximum absolute atomic E-state index is 12.5. The number of ether oxygens (including phenoxy) is 1. The van der Waals surface area contributed by atoms with Gasteiger partial charge >= 0.3 is 6.61 Å². The molecule has 1 heterocycles.